The molecule has 0 atom stereocenters. The van der Waals surface area contributed by atoms with Crippen molar-refractivity contribution in [1.29, 1.82) is 0 Å². The summed E-state index contributed by atoms with van der Waals surface area (Å²) in [6.07, 6.45) is 4.88. The highest BCUT2D eigenvalue weighted by Gasteiger charge is 2.19. The molecule has 0 aliphatic heterocycles. The second kappa shape index (κ2) is 9.22. The zero-order chi connectivity index (χ0) is 22.7. The highest BCUT2D eigenvalue weighted by molar-refractivity contribution is 7.99. The smallest absolute Gasteiger partial charge is 0.175 e. The number of methoxy groups -OCH3 is 1. The lowest BCUT2D eigenvalue weighted by Gasteiger charge is -2.19. The minimum Gasteiger partial charge on any atom is -0.497 e. The van der Waals surface area contributed by atoms with E-state index >= 15 is 0 Å². The number of nitrogens with one attached hydrogen (secondary N) is 1. The summed E-state index contributed by atoms with van der Waals surface area (Å²) < 4.78 is 12.9. The van der Waals surface area contributed by atoms with Crippen LogP contribution in [0.3, 0.4) is 0 Å². The van der Waals surface area contributed by atoms with E-state index in [-0.39, 0.29) is 5.41 Å². The van der Waals surface area contributed by atoms with Crippen LogP contribution in [0.15, 0.2) is 57.6 Å². The van der Waals surface area contributed by atoms with Gasteiger partial charge in [-0.15, -0.1) is 0 Å². The van der Waals surface area contributed by atoms with E-state index in [1.807, 2.05) is 24.3 Å². The number of benzene rings is 1. The summed E-state index contributed by atoms with van der Waals surface area (Å²) in [6.45, 7) is 9.04. The average molecular weight is 453 g/mol. The van der Waals surface area contributed by atoms with E-state index in [0.29, 0.717) is 17.9 Å². The van der Waals surface area contributed by atoms with Crippen LogP contribution in [0.4, 0.5) is 5.82 Å². The van der Waals surface area contributed by atoms with Crippen molar-refractivity contribution in [1.82, 2.24) is 24.8 Å². The number of nitrogens with zero attached hydrogens (tertiary/aromatic N) is 4. The van der Waals surface area contributed by atoms with E-state index in [1.54, 1.807) is 31.4 Å². The molecule has 0 aliphatic carbocycles. The first kappa shape index (κ1) is 22.2. The van der Waals surface area contributed by atoms with Gasteiger partial charge < -0.3 is 24.8 Å². The van der Waals surface area contributed by atoms with E-state index in [4.69, 9.17) is 19.9 Å². The predicted octanol–water partition coefficient (Wildman–Crippen LogP) is 4.46. The van der Waals surface area contributed by atoms with Crippen molar-refractivity contribution in [3.8, 4) is 16.9 Å². The molecule has 3 heterocycles. The monoisotopic (exact) mass is 452 g/mol. The molecule has 0 saturated heterocycles. The summed E-state index contributed by atoms with van der Waals surface area (Å²) in [6, 6.07) is 7.91. The number of hydrogen-bond acceptors (Lipinski definition) is 8. The lowest BCUT2D eigenvalue weighted by Crippen LogP contribution is -2.29. The standard InChI is InChI=1S/C23H28N6O2S/c1-23(2,3)13-25-8-9-29-21-19(20(24)26-14-27-21)28-22(29)32-18-11-16(30-4)5-6-17(18)15-7-10-31-12-15/h5-7,10-12,14,25H,8-9,13H2,1-4H3,(H2,24,26,27). The topological polar surface area (TPSA) is 104 Å². The molecule has 168 valence electrons. The summed E-state index contributed by atoms with van der Waals surface area (Å²) >= 11 is 1.55. The Morgan fingerprint density at radius 1 is 1.22 bits per heavy atom. The van der Waals surface area contributed by atoms with Crippen LogP contribution in [0.1, 0.15) is 20.8 Å². The molecular weight excluding hydrogens is 424 g/mol. The van der Waals surface area contributed by atoms with E-state index in [0.717, 1.165) is 45.7 Å². The summed E-state index contributed by atoms with van der Waals surface area (Å²) in [5, 5.41) is 4.32. The minimum atomic E-state index is 0.210. The lowest BCUT2D eigenvalue weighted by atomic mass is 9.97. The number of rotatable bonds is 8. The van der Waals surface area contributed by atoms with Crippen molar-refractivity contribution in [3.05, 3.63) is 43.1 Å². The first-order valence-corrected chi connectivity index (χ1v) is 11.2. The van der Waals surface area contributed by atoms with Gasteiger partial charge in [-0.05, 0) is 35.2 Å². The fourth-order valence-electron chi connectivity index (χ4n) is 3.34. The van der Waals surface area contributed by atoms with Gasteiger partial charge in [-0.25, -0.2) is 15.0 Å². The fraction of sp³-hybridized carbons (Fsp3) is 0.348. The Kier molecular flexibility index (Phi) is 6.38. The van der Waals surface area contributed by atoms with Gasteiger partial charge in [-0.3, -0.25) is 0 Å². The molecule has 4 aromatic rings. The highest BCUT2D eigenvalue weighted by Crippen LogP contribution is 2.39. The van der Waals surface area contributed by atoms with Gasteiger partial charge in [0.1, 0.15) is 12.1 Å². The van der Waals surface area contributed by atoms with Crippen LogP contribution in [0.2, 0.25) is 0 Å². The normalized spacial score (nSPS) is 11.9. The van der Waals surface area contributed by atoms with Crippen LogP contribution in [0, 0.1) is 5.41 Å². The molecule has 9 heteroatoms. The fourth-order valence-corrected chi connectivity index (χ4v) is 4.43. The Balaban J connectivity index is 1.71. The number of fused-ring (bicyclic) bond motifs is 1. The maximum atomic E-state index is 6.11. The van der Waals surface area contributed by atoms with Crippen molar-refractivity contribution < 1.29 is 9.15 Å². The lowest BCUT2D eigenvalue weighted by molar-refractivity contribution is 0.375. The molecule has 0 fully saturated rings. The van der Waals surface area contributed by atoms with Crippen LogP contribution in [0.5, 0.6) is 5.75 Å². The van der Waals surface area contributed by atoms with Gasteiger partial charge in [-0.2, -0.15) is 0 Å². The third kappa shape index (κ3) is 4.89. The van der Waals surface area contributed by atoms with Gasteiger partial charge in [0.15, 0.2) is 22.1 Å². The average Bonchev–Trinajstić information content (AvgIpc) is 3.40. The zero-order valence-corrected chi connectivity index (χ0v) is 19.6. The summed E-state index contributed by atoms with van der Waals surface area (Å²) in [4.78, 5) is 14.4. The van der Waals surface area contributed by atoms with Crippen molar-refractivity contribution >= 4 is 28.7 Å². The molecule has 0 saturated carbocycles. The number of hydrogen-bond donors (Lipinski definition) is 2. The molecule has 32 heavy (non-hydrogen) atoms. The van der Waals surface area contributed by atoms with Gasteiger partial charge in [0, 0.05) is 30.1 Å². The van der Waals surface area contributed by atoms with Gasteiger partial charge in [0.05, 0.1) is 19.6 Å². The quantitative estimate of drug-likeness (QED) is 0.378. The Morgan fingerprint density at radius 3 is 2.78 bits per heavy atom. The van der Waals surface area contributed by atoms with E-state index in [2.05, 4.69) is 40.6 Å². The van der Waals surface area contributed by atoms with Crippen LogP contribution in [-0.2, 0) is 6.54 Å². The Hall–Kier alpha value is -3.04. The molecule has 0 radical (unpaired) electrons. The van der Waals surface area contributed by atoms with Gasteiger partial charge in [0.25, 0.3) is 0 Å². The Morgan fingerprint density at radius 2 is 2.06 bits per heavy atom. The molecule has 0 bridgehead atoms. The minimum absolute atomic E-state index is 0.210. The van der Waals surface area contributed by atoms with E-state index < -0.39 is 0 Å². The van der Waals surface area contributed by atoms with Crippen LogP contribution in [-0.4, -0.2) is 39.7 Å². The van der Waals surface area contributed by atoms with Crippen molar-refractivity contribution in [2.75, 3.05) is 25.9 Å². The van der Waals surface area contributed by atoms with Crippen LogP contribution >= 0.6 is 11.8 Å². The Bertz CT molecular complexity index is 1200. The SMILES string of the molecule is COc1ccc(-c2ccoc2)c(Sc2nc3c(N)ncnc3n2CCNCC(C)(C)C)c1. The van der Waals surface area contributed by atoms with Crippen LogP contribution < -0.4 is 15.8 Å². The van der Waals surface area contributed by atoms with E-state index in [9.17, 15) is 0 Å². The molecular formula is C23H28N6O2S. The number of imidazole rings is 1. The summed E-state index contributed by atoms with van der Waals surface area (Å²) in [5.41, 5.74) is 9.68. The molecule has 8 nitrogen and oxygen atoms in total. The molecule has 1 aromatic carbocycles. The number of ether oxygens (including phenoxy) is 1. The molecule has 0 spiro atoms. The molecule has 4 rings (SSSR count). The van der Waals surface area contributed by atoms with Crippen molar-refractivity contribution in [3.63, 3.8) is 0 Å². The predicted molar refractivity (Wildman–Crippen MR) is 127 cm³/mol. The molecule has 0 aliphatic rings. The third-order valence-corrected chi connectivity index (χ3v) is 5.97. The highest BCUT2D eigenvalue weighted by atomic mass is 32.2. The van der Waals surface area contributed by atoms with E-state index in [1.165, 1.54) is 6.33 Å². The summed E-state index contributed by atoms with van der Waals surface area (Å²) in [5.74, 6) is 1.15. The molecule has 0 unspecified atom stereocenters. The molecule has 3 aromatic heterocycles. The van der Waals surface area contributed by atoms with Crippen molar-refractivity contribution in [2.24, 2.45) is 5.41 Å². The first-order chi connectivity index (χ1) is 15.4. The van der Waals surface area contributed by atoms with Gasteiger partial charge in [-0.1, -0.05) is 32.5 Å². The first-order valence-electron chi connectivity index (χ1n) is 10.4. The maximum Gasteiger partial charge on any atom is 0.175 e. The molecule has 3 N–H and O–H groups in total. The molecule has 0 amide bonds. The summed E-state index contributed by atoms with van der Waals surface area (Å²) in [7, 11) is 1.66. The largest absolute Gasteiger partial charge is 0.497 e. The van der Waals surface area contributed by atoms with Gasteiger partial charge in [0.2, 0.25) is 0 Å². The second-order valence-electron chi connectivity index (χ2n) is 8.69. The number of nitrogens with two attached hydrogens (primary N) is 1. The maximum absolute atomic E-state index is 6.11. The number of aromatic nitrogens is 4. The van der Waals surface area contributed by atoms with Crippen LogP contribution in [0.25, 0.3) is 22.3 Å². The number of furan rings is 1. The second-order valence-corrected chi connectivity index (χ2v) is 9.70. The number of nitrogen functional groups attached to an aromatic ring is 1. The van der Waals surface area contributed by atoms with Gasteiger partial charge >= 0.3 is 0 Å². The third-order valence-electron chi connectivity index (χ3n) is 4.92. The van der Waals surface area contributed by atoms with Crippen molar-refractivity contribution in [2.45, 2.75) is 37.4 Å². The number of anilines is 1. The zero-order valence-electron chi connectivity index (χ0n) is 18.8. The Labute approximate surface area is 191 Å².